The molecule has 1 fully saturated rings. The summed E-state index contributed by atoms with van der Waals surface area (Å²) in [5, 5.41) is 2.93. The Morgan fingerprint density at radius 1 is 1.27 bits per heavy atom. The third kappa shape index (κ3) is 3.54. The molecule has 3 aromatic rings. The molecule has 2 aromatic carbocycles. The Morgan fingerprint density at radius 3 is 3.00 bits per heavy atom. The van der Waals surface area contributed by atoms with Gasteiger partial charge in [-0.15, -0.1) is 0 Å². The Labute approximate surface area is 151 Å². The molecular formula is C20H21FN4O. The van der Waals surface area contributed by atoms with Gasteiger partial charge in [-0.25, -0.2) is 9.37 Å². The first kappa shape index (κ1) is 16.6. The molecule has 1 saturated heterocycles. The van der Waals surface area contributed by atoms with E-state index in [0.29, 0.717) is 13.1 Å². The van der Waals surface area contributed by atoms with Gasteiger partial charge in [0.2, 0.25) is 11.9 Å². The molecule has 1 unspecified atom stereocenters. The summed E-state index contributed by atoms with van der Waals surface area (Å²) in [5.41, 5.74) is 2.70. The lowest BCUT2D eigenvalue weighted by atomic mass is 9.97. The summed E-state index contributed by atoms with van der Waals surface area (Å²) in [6.07, 6.45) is 1.79. The van der Waals surface area contributed by atoms with Crippen LogP contribution in [0.25, 0.3) is 11.0 Å². The normalized spacial score (nSPS) is 17.4. The maximum absolute atomic E-state index is 13.2. The van der Waals surface area contributed by atoms with Crippen LogP contribution in [0.4, 0.5) is 10.3 Å². The minimum Gasteiger partial charge on any atom is -0.352 e. The molecule has 4 rings (SSSR count). The van der Waals surface area contributed by atoms with Crippen molar-refractivity contribution in [1.29, 1.82) is 0 Å². The summed E-state index contributed by atoms with van der Waals surface area (Å²) in [6, 6.07) is 14.2. The molecule has 0 spiro atoms. The van der Waals surface area contributed by atoms with Crippen LogP contribution in [0.15, 0.2) is 48.5 Å². The fourth-order valence-corrected chi connectivity index (χ4v) is 3.45. The first-order valence-electron chi connectivity index (χ1n) is 8.91. The van der Waals surface area contributed by atoms with E-state index in [1.165, 1.54) is 12.1 Å². The molecule has 5 nitrogen and oxygen atoms in total. The van der Waals surface area contributed by atoms with E-state index in [1.54, 1.807) is 6.07 Å². The molecule has 26 heavy (non-hydrogen) atoms. The molecule has 1 atom stereocenters. The lowest BCUT2D eigenvalue weighted by Crippen LogP contribution is -2.43. The number of rotatable bonds is 4. The molecule has 2 N–H and O–H groups in total. The zero-order valence-electron chi connectivity index (χ0n) is 14.4. The van der Waals surface area contributed by atoms with Crippen molar-refractivity contribution in [3.63, 3.8) is 0 Å². The molecule has 0 bridgehead atoms. The molecule has 6 heteroatoms. The van der Waals surface area contributed by atoms with Crippen molar-refractivity contribution in [2.75, 3.05) is 18.0 Å². The van der Waals surface area contributed by atoms with Crippen molar-refractivity contribution in [1.82, 2.24) is 15.3 Å². The zero-order valence-corrected chi connectivity index (χ0v) is 14.4. The summed E-state index contributed by atoms with van der Waals surface area (Å²) in [7, 11) is 0. The van der Waals surface area contributed by atoms with E-state index in [9.17, 15) is 9.18 Å². The zero-order chi connectivity index (χ0) is 17.9. The van der Waals surface area contributed by atoms with E-state index in [0.717, 1.165) is 41.9 Å². The Kier molecular flexibility index (Phi) is 4.56. The lowest BCUT2D eigenvalue weighted by Gasteiger charge is -2.31. The van der Waals surface area contributed by atoms with Gasteiger partial charge in [0.25, 0.3) is 0 Å². The number of para-hydroxylation sites is 2. The van der Waals surface area contributed by atoms with Crippen molar-refractivity contribution in [2.24, 2.45) is 5.92 Å². The quantitative estimate of drug-likeness (QED) is 0.758. The molecule has 1 aliphatic rings. The van der Waals surface area contributed by atoms with Crippen molar-refractivity contribution in [3.05, 3.63) is 59.9 Å². The van der Waals surface area contributed by atoms with Gasteiger partial charge >= 0.3 is 0 Å². The van der Waals surface area contributed by atoms with Gasteiger partial charge in [-0.05, 0) is 42.7 Å². The van der Waals surface area contributed by atoms with Crippen LogP contribution in [0.2, 0.25) is 0 Å². The van der Waals surface area contributed by atoms with Gasteiger partial charge < -0.3 is 15.2 Å². The number of carbonyl (C=O) groups is 1. The number of imidazole rings is 1. The number of hydrogen-bond acceptors (Lipinski definition) is 3. The lowest BCUT2D eigenvalue weighted by molar-refractivity contribution is -0.125. The number of carbonyl (C=O) groups excluding carboxylic acids is 1. The number of amides is 1. The van der Waals surface area contributed by atoms with Crippen LogP contribution < -0.4 is 10.2 Å². The number of aromatic nitrogens is 2. The van der Waals surface area contributed by atoms with E-state index >= 15 is 0 Å². The first-order valence-corrected chi connectivity index (χ1v) is 8.91. The fourth-order valence-electron chi connectivity index (χ4n) is 3.45. The minimum absolute atomic E-state index is 0.00933. The van der Waals surface area contributed by atoms with Crippen LogP contribution >= 0.6 is 0 Å². The van der Waals surface area contributed by atoms with E-state index in [2.05, 4.69) is 20.2 Å². The first-order chi connectivity index (χ1) is 12.7. The van der Waals surface area contributed by atoms with Gasteiger partial charge in [-0.2, -0.15) is 0 Å². The van der Waals surface area contributed by atoms with Gasteiger partial charge in [-0.1, -0.05) is 24.3 Å². The van der Waals surface area contributed by atoms with Crippen molar-refractivity contribution >= 4 is 22.9 Å². The van der Waals surface area contributed by atoms with Gasteiger partial charge in [0.05, 0.1) is 17.0 Å². The van der Waals surface area contributed by atoms with Crippen molar-refractivity contribution < 1.29 is 9.18 Å². The van der Waals surface area contributed by atoms with Gasteiger partial charge in [-0.3, -0.25) is 4.79 Å². The molecule has 1 aliphatic heterocycles. The third-order valence-electron chi connectivity index (χ3n) is 4.82. The Hall–Kier alpha value is -2.89. The summed E-state index contributed by atoms with van der Waals surface area (Å²) in [4.78, 5) is 22.6. The number of anilines is 1. The van der Waals surface area contributed by atoms with E-state index < -0.39 is 0 Å². The summed E-state index contributed by atoms with van der Waals surface area (Å²) >= 11 is 0. The van der Waals surface area contributed by atoms with Gasteiger partial charge in [0, 0.05) is 19.6 Å². The number of halogens is 1. The van der Waals surface area contributed by atoms with Crippen LogP contribution in [-0.4, -0.2) is 29.0 Å². The maximum Gasteiger partial charge on any atom is 0.225 e. The van der Waals surface area contributed by atoms with E-state index in [4.69, 9.17) is 0 Å². The Balaban J connectivity index is 1.40. The highest BCUT2D eigenvalue weighted by Crippen LogP contribution is 2.23. The Bertz CT molecular complexity index is 890. The van der Waals surface area contributed by atoms with Gasteiger partial charge in [0.1, 0.15) is 5.82 Å². The number of nitrogens with one attached hydrogen (secondary N) is 2. The number of nitrogens with zero attached hydrogens (tertiary/aromatic N) is 2. The number of H-pyrrole nitrogens is 1. The topological polar surface area (TPSA) is 61.0 Å². The molecule has 0 radical (unpaired) electrons. The molecular weight excluding hydrogens is 331 g/mol. The standard InChI is InChI=1S/C20H21FN4O/c21-16-7-3-5-14(11-16)12-22-19(26)15-6-4-10-25(13-15)20-23-17-8-1-2-9-18(17)24-20/h1-3,5,7-9,11,15H,4,6,10,12-13H2,(H,22,26)(H,23,24). The second-order valence-electron chi connectivity index (χ2n) is 6.71. The highest BCUT2D eigenvalue weighted by atomic mass is 19.1. The van der Waals surface area contributed by atoms with Crippen LogP contribution in [0.1, 0.15) is 18.4 Å². The summed E-state index contributed by atoms with van der Waals surface area (Å²) in [5.74, 6) is 0.444. The highest BCUT2D eigenvalue weighted by Gasteiger charge is 2.27. The van der Waals surface area contributed by atoms with E-state index in [-0.39, 0.29) is 17.6 Å². The molecule has 2 heterocycles. The average Bonchev–Trinajstić information content (AvgIpc) is 3.10. The highest BCUT2D eigenvalue weighted by molar-refractivity contribution is 5.80. The van der Waals surface area contributed by atoms with Gasteiger partial charge in [0.15, 0.2) is 0 Å². The van der Waals surface area contributed by atoms with E-state index in [1.807, 2.05) is 30.3 Å². The molecule has 1 aromatic heterocycles. The monoisotopic (exact) mass is 352 g/mol. The van der Waals surface area contributed by atoms with Crippen LogP contribution in [0.5, 0.6) is 0 Å². The van der Waals surface area contributed by atoms with Crippen LogP contribution in [0.3, 0.4) is 0 Å². The molecule has 0 aliphatic carbocycles. The number of aromatic amines is 1. The van der Waals surface area contributed by atoms with Crippen LogP contribution in [-0.2, 0) is 11.3 Å². The largest absolute Gasteiger partial charge is 0.352 e. The number of fused-ring (bicyclic) bond motifs is 1. The molecule has 134 valence electrons. The predicted octanol–water partition coefficient (Wildman–Crippen LogP) is 3.23. The predicted molar refractivity (Wildman–Crippen MR) is 99.3 cm³/mol. The van der Waals surface area contributed by atoms with Crippen molar-refractivity contribution in [3.8, 4) is 0 Å². The number of benzene rings is 2. The maximum atomic E-state index is 13.2. The summed E-state index contributed by atoms with van der Waals surface area (Å²) in [6.45, 7) is 1.86. The molecule has 0 saturated carbocycles. The molecule has 1 amide bonds. The minimum atomic E-state index is -0.287. The second-order valence-corrected chi connectivity index (χ2v) is 6.71. The van der Waals surface area contributed by atoms with Crippen LogP contribution in [0, 0.1) is 11.7 Å². The third-order valence-corrected chi connectivity index (χ3v) is 4.82. The smallest absolute Gasteiger partial charge is 0.225 e. The number of hydrogen-bond donors (Lipinski definition) is 2. The Morgan fingerprint density at radius 2 is 2.15 bits per heavy atom. The summed E-state index contributed by atoms with van der Waals surface area (Å²) < 4.78 is 13.2. The van der Waals surface area contributed by atoms with Crippen molar-refractivity contribution in [2.45, 2.75) is 19.4 Å². The fraction of sp³-hybridized carbons (Fsp3) is 0.300. The number of piperidine rings is 1. The second kappa shape index (κ2) is 7.15. The average molecular weight is 352 g/mol. The SMILES string of the molecule is O=C(NCc1cccc(F)c1)C1CCCN(c2nc3ccccc3[nH]2)C1.